The fourth-order valence-electron chi connectivity index (χ4n) is 3.56. The van der Waals surface area contributed by atoms with Crippen LogP contribution in [0.4, 0.5) is 5.69 Å². The van der Waals surface area contributed by atoms with Crippen LogP contribution in [-0.4, -0.2) is 42.1 Å². The highest BCUT2D eigenvalue weighted by atomic mass is 16.3. The molecule has 2 heterocycles. The van der Waals surface area contributed by atoms with Crippen LogP contribution in [0.5, 0.6) is 0 Å². The third-order valence-electron chi connectivity index (χ3n) is 4.90. The molecule has 1 aromatic carbocycles. The molecule has 1 saturated heterocycles. The zero-order valence-corrected chi connectivity index (χ0v) is 14.5. The number of nitrogens with zero attached hydrogens (tertiary/aromatic N) is 2. The molecular formula is C19H28N2O2. The van der Waals surface area contributed by atoms with Crippen LogP contribution >= 0.6 is 0 Å². The Labute approximate surface area is 139 Å². The molecule has 0 unspecified atom stereocenters. The summed E-state index contributed by atoms with van der Waals surface area (Å²) in [5.74, 6) is 0.168. The normalized spacial score (nSPS) is 19.9. The van der Waals surface area contributed by atoms with Gasteiger partial charge in [0.05, 0.1) is 6.10 Å². The molecule has 126 valence electrons. The Hall–Kier alpha value is -1.39. The van der Waals surface area contributed by atoms with Crippen molar-refractivity contribution < 1.29 is 9.90 Å². The first-order valence-corrected chi connectivity index (χ1v) is 8.71. The van der Waals surface area contributed by atoms with Gasteiger partial charge < -0.3 is 14.9 Å². The summed E-state index contributed by atoms with van der Waals surface area (Å²) in [5.41, 5.74) is 2.80. The zero-order chi connectivity index (χ0) is 16.6. The zero-order valence-electron chi connectivity index (χ0n) is 14.5. The van der Waals surface area contributed by atoms with Crippen LogP contribution in [0.15, 0.2) is 18.2 Å². The Morgan fingerprint density at radius 3 is 2.57 bits per heavy atom. The van der Waals surface area contributed by atoms with Crippen LogP contribution in [0.25, 0.3) is 0 Å². The molecule has 0 bridgehead atoms. The summed E-state index contributed by atoms with van der Waals surface area (Å²) in [7, 11) is 0. The number of hydrogen-bond acceptors (Lipinski definition) is 3. The number of aliphatic hydroxyl groups excluding tert-OH is 1. The maximum Gasteiger partial charge on any atom is 0.232 e. The third-order valence-corrected chi connectivity index (χ3v) is 4.90. The van der Waals surface area contributed by atoms with Crippen LogP contribution in [-0.2, 0) is 11.2 Å². The van der Waals surface area contributed by atoms with E-state index in [4.69, 9.17) is 0 Å². The summed E-state index contributed by atoms with van der Waals surface area (Å²) in [5, 5.41) is 10.5. The van der Waals surface area contributed by atoms with Crippen molar-refractivity contribution in [2.75, 3.05) is 31.1 Å². The van der Waals surface area contributed by atoms with Gasteiger partial charge in [-0.3, -0.25) is 4.79 Å². The molecule has 0 radical (unpaired) electrons. The Bertz CT molecular complexity index is 586. The average molecular weight is 316 g/mol. The van der Waals surface area contributed by atoms with E-state index >= 15 is 0 Å². The number of likely N-dealkylation sites (tertiary alicyclic amines) is 1. The van der Waals surface area contributed by atoms with Gasteiger partial charge >= 0.3 is 0 Å². The van der Waals surface area contributed by atoms with E-state index in [-0.39, 0.29) is 11.3 Å². The smallest absolute Gasteiger partial charge is 0.232 e. The molecule has 1 atom stereocenters. The predicted molar refractivity (Wildman–Crippen MR) is 92.6 cm³/mol. The maximum atomic E-state index is 12.5. The number of fused-ring (bicyclic) bond motifs is 1. The van der Waals surface area contributed by atoms with Gasteiger partial charge in [0.25, 0.3) is 0 Å². The molecule has 23 heavy (non-hydrogen) atoms. The van der Waals surface area contributed by atoms with Gasteiger partial charge in [-0.15, -0.1) is 0 Å². The molecule has 1 N–H and O–H groups in total. The highest BCUT2D eigenvalue weighted by Gasteiger charge is 2.32. The standard InChI is InChI=1S/C19H28N2O2/c1-19(2,3)18(23)21-11-8-14-12-15(6-7-16(14)21)17(22)13-20-9-4-5-10-20/h6-7,12,17,22H,4-5,8-11,13H2,1-3H3/t17-/m1/s1. The van der Waals surface area contributed by atoms with Crippen LogP contribution in [0, 0.1) is 5.41 Å². The highest BCUT2D eigenvalue weighted by molar-refractivity contribution is 5.98. The molecular weight excluding hydrogens is 288 g/mol. The van der Waals surface area contributed by atoms with E-state index < -0.39 is 6.10 Å². The monoisotopic (exact) mass is 316 g/mol. The van der Waals surface area contributed by atoms with E-state index in [2.05, 4.69) is 11.0 Å². The summed E-state index contributed by atoms with van der Waals surface area (Å²) in [6, 6.07) is 6.08. The second-order valence-corrected chi connectivity index (χ2v) is 7.87. The maximum absolute atomic E-state index is 12.5. The Morgan fingerprint density at radius 2 is 1.91 bits per heavy atom. The van der Waals surface area contributed by atoms with E-state index in [0.717, 1.165) is 37.3 Å². The Balaban J connectivity index is 1.74. The Kier molecular flexibility index (Phi) is 4.47. The van der Waals surface area contributed by atoms with Crippen molar-refractivity contribution in [1.29, 1.82) is 0 Å². The van der Waals surface area contributed by atoms with Crippen molar-refractivity contribution in [1.82, 2.24) is 4.90 Å². The van der Waals surface area contributed by atoms with Crippen molar-refractivity contribution in [2.45, 2.75) is 46.1 Å². The SMILES string of the molecule is CC(C)(C)C(=O)N1CCc2cc([C@H](O)CN3CCCC3)ccc21. The minimum Gasteiger partial charge on any atom is -0.387 e. The first kappa shape index (κ1) is 16.5. The quantitative estimate of drug-likeness (QED) is 0.932. The van der Waals surface area contributed by atoms with Gasteiger partial charge in [-0.25, -0.2) is 0 Å². The van der Waals surface area contributed by atoms with E-state index in [9.17, 15) is 9.90 Å². The summed E-state index contributed by atoms with van der Waals surface area (Å²) >= 11 is 0. The van der Waals surface area contributed by atoms with Crippen LogP contribution in [0.1, 0.15) is 50.8 Å². The van der Waals surface area contributed by atoms with Crippen molar-refractivity contribution >= 4 is 11.6 Å². The number of β-amino-alcohol motifs (C(OH)–C–C–N with tert-alkyl or cyclic N) is 1. The number of carbonyl (C=O) groups excluding carboxylic acids is 1. The number of aliphatic hydroxyl groups is 1. The van der Waals surface area contributed by atoms with Crippen molar-refractivity contribution in [3.63, 3.8) is 0 Å². The lowest BCUT2D eigenvalue weighted by Gasteiger charge is -2.26. The third kappa shape index (κ3) is 3.43. The van der Waals surface area contributed by atoms with Crippen molar-refractivity contribution in [3.05, 3.63) is 29.3 Å². The average Bonchev–Trinajstić information content (AvgIpc) is 3.13. The van der Waals surface area contributed by atoms with Gasteiger partial charge in [-0.2, -0.15) is 0 Å². The Morgan fingerprint density at radius 1 is 1.22 bits per heavy atom. The lowest BCUT2D eigenvalue weighted by molar-refractivity contribution is -0.125. The number of rotatable bonds is 3. The van der Waals surface area contributed by atoms with Gasteiger partial charge in [-0.1, -0.05) is 32.9 Å². The van der Waals surface area contributed by atoms with Gasteiger partial charge in [0.15, 0.2) is 0 Å². The minimum absolute atomic E-state index is 0.168. The fourth-order valence-corrected chi connectivity index (χ4v) is 3.56. The van der Waals surface area contributed by atoms with Gasteiger partial charge in [-0.05, 0) is 49.5 Å². The molecule has 4 nitrogen and oxygen atoms in total. The summed E-state index contributed by atoms with van der Waals surface area (Å²) in [6.45, 7) is 9.52. The molecule has 0 aromatic heterocycles. The largest absolute Gasteiger partial charge is 0.387 e. The van der Waals surface area contributed by atoms with Gasteiger partial charge in [0.1, 0.15) is 0 Å². The van der Waals surface area contributed by atoms with Crippen LogP contribution in [0.2, 0.25) is 0 Å². The lowest BCUT2D eigenvalue weighted by atomic mass is 9.94. The molecule has 1 aromatic rings. The molecule has 4 heteroatoms. The second-order valence-electron chi connectivity index (χ2n) is 7.87. The molecule has 1 amide bonds. The number of anilines is 1. The number of carbonyl (C=O) groups is 1. The van der Waals surface area contributed by atoms with Gasteiger partial charge in [0.2, 0.25) is 5.91 Å². The highest BCUT2D eigenvalue weighted by Crippen LogP contribution is 2.33. The number of benzene rings is 1. The number of amides is 1. The lowest BCUT2D eigenvalue weighted by Crippen LogP contribution is -2.38. The van der Waals surface area contributed by atoms with E-state index in [1.54, 1.807) is 0 Å². The van der Waals surface area contributed by atoms with E-state index in [1.807, 2.05) is 37.8 Å². The molecule has 0 spiro atoms. The second kappa shape index (κ2) is 6.25. The predicted octanol–water partition coefficient (Wildman–Crippen LogP) is 2.75. The molecule has 3 rings (SSSR count). The van der Waals surface area contributed by atoms with E-state index in [0.29, 0.717) is 6.54 Å². The molecule has 0 saturated carbocycles. The summed E-state index contributed by atoms with van der Waals surface area (Å²) in [4.78, 5) is 16.8. The van der Waals surface area contributed by atoms with Crippen molar-refractivity contribution in [2.24, 2.45) is 5.41 Å². The topological polar surface area (TPSA) is 43.8 Å². The fraction of sp³-hybridized carbons (Fsp3) is 0.632. The van der Waals surface area contributed by atoms with Crippen LogP contribution in [0.3, 0.4) is 0 Å². The first-order valence-electron chi connectivity index (χ1n) is 8.71. The molecule has 0 aliphatic carbocycles. The number of hydrogen-bond donors (Lipinski definition) is 1. The minimum atomic E-state index is -0.439. The van der Waals surface area contributed by atoms with Gasteiger partial charge in [0, 0.05) is 24.2 Å². The van der Waals surface area contributed by atoms with Crippen molar-refractivity contribution in [3.8, 4) is 0 Å². The molecule has 2 aliphatic heterocycles. The first-order chi connectivity index (χ1) is 10.9. The van der Waals surface area contributed by atoms with E-state index in [1.165, 1.54) is 18.4 Å². The summed E-state index contributed by atoms with van der Waals surface area (Å²) < 4.78 is 0. The molecule has 1 fully saturated rings. The summed E-state index contributed by atoms with van der Waals surface area (Å²) in [6.07, 6.45) is 2.91. The van der Waals surface area contributed by atoms with Crippen LogP contribution < -0.4 is 4.90 Å². The molecule has 2 aliphatic rings.